The monoisotopic (exact) mass is 420 g/mol. The van der Waals surface area contributed by atoms with E-state index in [1.807, 2.05) is 0 Å². The number of carbonyl (C=O) groups is 3. The SMILES string of the molecule is C[C@H]1CCCC[C@H]1NC(=O)COC(=O)C1CCN(C(=O)c2ccc(Cl)cc2)CC1. The summed E-state index contributed by atoms with van der Waals surface area (Å²) in [6, 6.07) is 6.97. The molecular weight excluding hydrogens is 392 g/mol. The number of amides is 2. The van der Waals surface area contributed by atoms with Crippen LogP contribution in [-0.2, 0) is 14.3 Å². The highest BCUT2D eigenvalue weighted by Crippen LogP contribution is 2.24. The molecule has 1 saturated carbocycles. The summed E-state index contributed by atoms with van der Waals surface area (Å²) in [5.41, 5.74) is 0.587. The molecule has 2 atom stereocenters. The molecule has 1 aromatic carbocycles. The second-order valence-electron chi connectivity index (χ2n) is 8.12. The van der Waals surface area contributed by atoms with E-state index >= 15 is 0 Å². The zero-order valence-electron chi connectivity index (χ0n) is 16.9. The number of benzene rings is 1. The molecule has 2 amide bonds. The topological polar surface area (TPSA) is 75.7 Å². The highest BCUT2D eigenvalue weighted by atomic mass is 35.5. The van der Waals surface area contributed by atoms with Crippen LogP contribution in [0.25, 0.3) is 0 Å². The number of hydrogen-bond donors (Lipinski definition) is 1. The molecule has 1 heterocycles. The molecule has 29 heavy (non-hydrogen) atoms. The van der Waals surface area contributed by atoms with E-state index in [0.29, 0.717) is 42.4 Å². The van der Waals surface area contributed by atoms with Gasteiger partial charge in [-0.1, -0.05) is 31.4 Å². The number of carbonyl (C=O) groups excluding carboxylic acids is 3. The fourth-order valence-corrected chi connectivity index (χ4v) is 4.25. The van der Waals surface area contributed by atoms with Crippen molar-refractivity contribution in [3.8, 4) is 0 Å². The van der Waals surface area contributed by atoms with Gasteiger partial charge in [-0.05, 0) is 55.9 Å². The standard InChI is InChI=1S/C22H29ClN2O4/c1-15-4-2-3-5-19(15)24-20(26)14-29-22(28)17-10-12-25(13-11-17)21(27)16-6-8-18(23)9-7-16/h6-9,15,17,19H,2-5,10-14H2,1H3,(H,24,26)/t15-,19+/m0/s1. The number of ether oxygens (including phenoxy) is 1. The molecule has 2 aliphatic rings. The lowest BCUT2D eigenvalue weighted by Crippen LogP contribution is -2.44. The number of hydrogen-bond acceptors (Lipinski definition) is 4. The number of nitrogens with one attached hydrogen (secondary N) is 1. The van der Waals surface area contributed by atoms with Crippen molar-refractivity contribution in [2.75, 3.05) is 19.7 Å². The van der Waals surface area contributed by atoms with Crippen LogP contribution in [-0.4, -0.2) is 48.4 Å². The maximum atomic E-state index is 12.5. The van der Waals surface area contributed by atoms with E-state index in [1.165, 1.54) is 6.42 Å². The van der Waals surface area contributed by atoms with Crippen LogP contribution in [0.5, 0.6) is 0 Å². The van der Waals surface area contributed by atoms with Gasteiger partial charge < -0.3 is 15.0 Å². The molecule has 1 aliphatic carbocycles. The first-order chi connectivity index (χ1) is 13.9. The Morgan fingerprint density at radius 3 is 2.38 bits per heavy atom. The summed E-state index contributed by atoms with van der Waals surface area (Å²) in [5, 5.41) is 3.58. The average molecular weight is 421 g/mol. The molecule has 0 radical (unpaired) electrons. The summed E-state index contributed by atoms with van der Waals surface area (Å²) in [5.74, 6) is -0.450. The Morgan fingerprint density at radius 2 is 1.72 bits per heavy atom. The zero-order valence-corrected chi connectivity index (χ0v) is 17.6. The first-order valence-electron chi connectivity index (χ1n) is 10.4. The van der Waals surface area contributed by atoms with Crippen molar-refractivity contribution in [3.05, 3.63) is 34.9 Å². The lowest BCUT2D eigenvalue weighted by Gasteiger charge is -2.31. The third-order valence-corrected chi connectivity index (χ3v) is 6.26. The van der Waals surface area contributed by atoms with Crippen LogP contribution in [0, 0.1) is 11.8 Å². The number of nitrogens with zero attached hydrogens (tertiary/aromatic N) is 1. The highest BCUT2D eigenvalue weighted by Gasteiger charge is 2.29. The van der Waals surface area contributed by atoms with Gasteiger partial charge in [0.2, 0.25) is 0 Å². The second kappa shape index (κ2) is 10.1. The Hall–Kier alpha value is -2.08. The predicted octanol–water partition coefficient (Wildman–Crippen LogP) is 3.43. The van der Waals surface area contributed by atoms with Gasteiger partial charge in [0.15, 0.2) is 6.61 Å². The molecule has 1 aromatic rings. The molecule has 6 nitrogen and oxygen atoms in total. The summed E-state index contributed by atoms with van der Waals surface area (Å²) < 4.78 is 5.24. The Balaban J connectivity index is 1.40. The van der Waals surface area contributed by atoms with Crippen molar-refractivity contribution in [1.29, 1.82) is 0 Å². The first-order valence-corrected chi connectivity index (χ1v) is 10.8. The number of likely N-dealkylation sites (tertiary alicyclic amines) is 1. The van der Waals surface area contributed by atoms with Crippen LogP contribution in [0.2, 0.25) is 5.02 Å². The Bertz CT molecular complexity index is 729. The van der Waals surface area contributed by atoms with Crippen molar-refractivity contribution < 1.29 is 19.1 Å². The molecule has 3 rings (SSSR count). The summed E-state index contributed by atoms with van der Waals surface area (Å²) in [6.45, 7) is 2.90. The van der Waals surface area contributed by atoms with Crippen LogP contribution in [0.15, 0.2) is 24.3 Å². The molecule has 158 valence electrons. The van der Waals surface area contributed by atoms with Gasteiger partial charge in [0.1, 0.15) is 0 Å². The van der Waals surface area contributed by atoms with Gasteiger partial charge in [0, 0.05) is 29.7 Å². The predicted molar refractivity (Wildman–Crippen MR) is 111 cm³/mol. The van der Waals surface area contributed by atoms with Crippen molar-refractivity contribution in [2.45, 2.75) is 51.5 Å². The van der Waals surface area contributed by atoms with Crippen LogP contribution >= 0.6 is 11.6 Å². The maximum absolute atomic E-state index is 12.5. The Labute approximate surface area is 176 Å². The van der Waals surface area contributed by atoms with Crippen LogP contribution in [0.3, 0.4) is 0 Å². The maximum Gasteiger partial charge on any atom is 0.309 e. The molecule has 0 aromatic heterocycles. The van der Waals surface area contributed by atoms with E-state index in [0.717, 1.165) is 19.3 Å². The molecule has 1 aliphatic heterocycles. The fourth-order valence-electron chi connectivity index (χ4n) is 4.13. The van der Waals surface area contributed by atoms with Crippen molar-refractivity contribution in [2.24, 2.45) is 11.8 Å². The van der Waals surface area contributed by atoms with Crippen molar-refractivity contribution >= 4 is 29.4 Å². The van der Waals surface area contributed by atoms with Gasteiger partial charge in [0.05, 0.1) is 5.92 Å². The summed E-state index contributed by atoms with van der Waals surface area (Å²) in [7, 11) is 0. The minimum Gasteiger partial charge on any atom is -0.455 e. The molecular formula is C22H29ClN2O4. The lowest BCUT2D eigenvalue weighted by atomic mass is 9.86. The largest absolute Gasteiger partial charge is 0.455 e. The normalized spacial score (nSPS) is 22.8. The quantitative estimate of drug-likeness (QED) is 0.740. The molecule has 1 saturated heterocycles. The lowest BCUT2D eigenvalue weighted by molar-refractivity contribution is -0.154. The minimum absolute atomic E-state index is 0.0607. The second-order valence-corrected chi connectivity index (χ2v) is 8.55. The summed E-state index contributed by atoms with van der Waals surface area (Å²) >= 11 is 5.86. The molecule has 0 spiro atoms. The van der Waals surface area contributed by atoms with Crippen molar-refractivity contribution in [1.82, 2.24) is 10.2 Å². The average Bonchev–Trinajstić information content (AvgIpc) is 2.74. The zero-order chi connectivity index (χ0) is 20.8. The molecule has 0 unspecified atom stereocenters. The molecule has 7 heteroatoms. The van der Waals surface area contributed by atoms with Crippen LogP contribution in [0.1, 0.15) is 55.8 Å². The van der Waals surface area contributed by atoms with E-state index in [-0.39, 0.29) is 36.4 Å². The van der Waals surface area contributed by atoms with Crippen LogP contribution in [0.4, 0.5) is 0 Å². The van der Waals surface area contributed by atoms with Gasteiger partial charge in [-0.2, -0.15) is 0 Å². The molecule has 0 bridgehead atoms. The number of esters is 1. The van der Waals surface area contributed by atoms with Gasteiger partial charge >= 0.3 is 5.97 Å². The minimum atomic E-state index is -0.351. The van der Waals surface area contributed by atoms with E-state index < -0.39 is 0 Å². The Morgan fingerprint density at radius 1 is 1.07 bits per heavy atom. The van der Waals surface area contributed by atoms with Gasteiger partial charge in [-0.25, -0.2) is 0 Å². The van der Waals surface area contributed by atoms with E-state index in [1.54, 1.807) is 29.2 Å². The number of halogens is 1. The first kappa shape index (κ1) is 21.6. The smallest absolute Gasteiger partial charge is 0.309 e. The van der Waals surface area contributed by atoms with Gasteiger partial charge in [-0.3, -0.25) is 14.4 Å². The highest BCUT2D eigenvalue weighted by molar-refractivity contribution is 6.30. The third kappa shape index (κ3) is 5.95. The van der Waals surface area contributed by atoms with Crippen molar-refractivity contribution in [3.63, 3.8) is 0 Å². The molecule has 2 fully saturated rings. The van der Waals surface area contributed by atoms with E-state index in [4.69, 9.17) is 16.3 Å². The molecule has 1 N–H and O–H groups in total. The fraction of sp³-hybridized carbons (Fsp3) is 0.591. The Kier molecular flexibility index (Phi) is 7.53. The van der Waals surface area contributed by atoms with Gasteiger partial charge in [-0.15, -0.1) is 0 Å². The van der Waals surface area contributed by atoms with Gasteiger partial charge in [0.25, 0.3) is 11.8 Å². The van der Waals surface area contributed by atoms with E-state index in [2.05, 4.69) is 12.2 Å². The third-order valence-electron chi connectivity index (χ3n) is 6.01. The summed E-state index contributed by atoms with van der Waals surface area (Å²) in [4.78, 5) is 38.7. The summed E-state index contributed by atoms with van der Waals surface area (Å²) in [6.07, 6.45) is 5.53. The van der Waals surface area contributed by atoms with E-state index in [9.17, 15) is 14.4 Å². The number of rotatable bonds is 5. The van der Waals surface area contributed by atoms with Crippen LogP contribution < -0.4 is 5.32 Å². The number of piperidine rings is 1.